The molecule has 106 valence electrons. The third-order valence-electron chi connectivity index (χ3n) is 4.17. The summed E-state index contributed by atoms with van der Waals surface area (Å²) in [7, 11) is 0. The first-order chi connectivity index (χ1) is 9.00. The minimum atomic E-state index is 0.347. The molecule has 1 heterocycles. The van der Waals surface area contributed by atoms with Gasteiger partial charge in [-0.15, -0.1) is 0 Å². The summed E-state index contributed by atoms with van der Waals surface area (Å²) >= 11 is 3.64. The van der Waals surface area contributed by atoms with Crippen LogP contribution in [-0.4, -0.2) is 18.2 Å². The molecule has 0 aromatic heterocycles. The highest BCUT2D eigenvalue weighted by Crippen LogP contribution is 2.37. The number of hydrogen-bond acceptors (Lipinski definition) is 2. The lowest BCUT2D eigenvalue weighted by Crippen LogP contribution is -2.31. The Labute approximate surface area is 124 Å². The fourth-order valence-corrected chi connectivity index (χ4v) is 3.37. The van der Waals surface area contributed by atoms with Crippen molar-refractivity contribution in [3.05, 3.63) is 27.2 Å². The van der Waals surface area contributed by atoms with Crippen molar-refractivity contribution in [3.63, 3.8) is 0 Å². The highest BCUT2D eigenvalue weighted by molar-refractivity contribution is 9.10. The number of halogens is 1. The summed E-state index contributed by atoms with van der Waals surface area (Å²) in [5.41, 5.74) is 3.37. The van der Waals surface area contributed by atoms with Crippen LogP contribution in [0.5, 0.6) is 5.75 Å². The van der Waals surface area contributed by atoms with Gasteiger partial charge >= 0.3 is 0 Å². The van der Waals surface area contributed by atoms with E-state index in [-0.39, 0.29) is 0 Å². The van der Waals surface area contributed by atoms with Crippen LogP contribution in [0.25, 0.3) is 0 Å². The molecule has 3 heteroatoms. The van der Waals surface area contributed by atoms with Gasteiger partial charge in [-0.1, -0.05) is 29.8 Å². The maximum Gasteiger partial charge on any atom is 0.122 e. The van der Waals surface area contributed by atoms with E-state index in [9.17, 15) is 5.11 Å². The highest BCUT2D eigenvalue weighted by atomic mass is 79.9. The Morgan fingerprint density at radius 2 is 2.21 bits per heavy atom. The average molecular weight is 326 g/mol. The normalized spacial score (nSPS) is 19.9. The van der Waals surface area contributed by atoms with E-state index >= 15 is 0 Å². The van der Waals surface area contributed by atoms with Crippen LogP contribution in [0.2, 0.25) is 0 Å². The van der Waals surface area contributed by atoms with Gasteiger partial charge in [-0.2, -0.15) is 0 Å². The predicted octanol–water partition coefficient (Wildman–Crippen LogP) is 4.13. The van der Waals surface area contributed by atoms with Crippen molar-refractivity contribution in [1.29, 1.82) is 0 Å². The summed E-state index contributed by atoms with van der Waals surface area (Å²) in [5, 5.41) is 14.0. The number of rotatable bonds is 3. The van der Waals surface area contributed by atoms with Gasteiger partial charge in [0, 0.05) is 4.47 Å². The van der Waals surface area contributed by atoms with Crippen LogP contribution in [0.4, 0.5) is 0 Å². The van der Waals surface area contributed by atoms with E-state index in [0.717, 1.165) is 35.1 Å². The standard InChI is InChI=1S/C16H24BrNO/c1-10(2)13-8-15(17)11(3)14(16(13)19)7-12-5-4-6-18-9-12/h8,10,12,18-19H,4-7,9H2,1-3H3. The molecule has 1 aromatic rings. The van der Waals surface area contributed by atoms with Crippen LogP contribution in [0.1, 0.15) is 49.3 Å². The monoisotopic (exact) mass is 325 g/mol. The van der Waals surface area contributed by atoms with Crippen molar-refractivity contribution < 1.29 is 5.11 Å². The molecular formula is C16H24BrNO. The number of benzene rings is 1. The summed E-state index contributed by atoms with van der Waals surface area (Å²) in [5.74, 6) is 1.51. The van der Waals surface area contributed by atoms with Crippen molar-refractivity contribution >= 4 is 15.9 Å². The Bertz CT molecular complexity index is 451. The van der Waals surface area contributed by atoms with Crippen molar-refractivity contribution in [2.45, 2.75) is 46.0 Å². The lowest BCUT2D eigenvalue weighted by molar-refractivity contribution is 0.368. The van der Waals surface area contributed by atoms with Gasteiger partial charge in [-0.05, 0) is 73.9 Å². The molecule has 0 aliphatic carbocycles. The van der Waals surface area contributed by atoms with Crippen molar-refractivity contribution in [2.24, 2.45) is 5.92 Å². The molecule has 1 unspecified atom stereocenters. The zero-order chi connectivity index (χ0) is 14.0. The molecule has 2 N–H and O–H groups in total. The lowest BCUT2D eigenvalue weighted by atomic mass is 9.87. The minimum Gasteiger partial charge on any atom is -0.507 e. The van der Waals surface area contributed by atoms with Gasteiger partial charge in [0.05, 0.1) is 0 Å². The van der Waals surface area contributed by atoms with E-state index in [4.69, 9.17) is 0 Å². The van der Waals surface area contributed by atoms with Crippen LogP contribution in [-0.2, 0) is 6.42 Å². The molecule has 1 aromatic carbocycles. The SMILES string of the molecule is Cc1c(Br)cc(C(C)C)c(O)c1CC1CCCNC1. The van der Waals surface area contributed by atoms with Crippen molar-refractivity contribution in [3.8, 4) is 5.75 Å². The maximum absolute atomic E-state index is 10.6. The van der Waals surface area contributed by atoms with Gasteiger partial charge in [-0.3, -0.25) is 0 Å². The Morgan fingerprint density at radius 3 is 2.79 bits per heavy atom. The van der Waals surface area contributed by atoms with Gasteiger partial charge in [0.15, 0.2) is 0 Å². The van der Waals surface area contributed by atoms with Gasteiger partial charge in [0.1, 0.15) is 5.75 Å². The number of aromatic hydroxyl groups is 1. The zero-order valence-electron chi connectivity index (χ0n) is 12.1. The molecule has 1 aliphatic rings. The molecular weight excluding hydrogens is 302 g/mol. The van der Waals surface area contributed by atoms with Gasteiger partial charge in [0.2, 0.25) is 0 Å². The first-order valence-electron chi connectivity index (χ1n) is 7.22. The van der Waals surface area contributed by atoms with Crippen molar-refractivity contribution in [1.82, 2.24) is 5.32 Å². The molecule has 1 saturated heterocycles. The summed E-state index contributed by atoms with van der Waals surface area (Å²) in [6.07, 6.45) is 3.48. The van der Waals surface area contributed by atoms with Crippen LogP contribution in [0.15, 0.2) is 10.5 Å². The lowest BCUT2D eigenvalue weighted by Gasteiger charge is -2.25. The Morgan fingerprint density at radius 1 is 1.47 bits per heavy atom. The van der Waals surface area contributed by atoms with E-state index in [1.54, 1.807) is 0 Å². The number of piperidine rings is 1. The molecule has 0 spiro atoms. The summed E-state index contributed by atoms with van der Waals surface area (Å²) in [6.45, 7) is 8.56. The molecule has 1 fully saturated rings. The second-order valence-corrected chi connectivity index (χ2v) is 6.83. The first kappa shape index (κ1) is 14.9. The molecule has 0 radical (unpaired) electrons. The molecule has 0 amide bonds. The van der Waals surface area contributed by atoms with Crippen LogP contribution >= 0.6 is 15.9 Å². The number of hydrogen-bond donors (Lipinski definition) is 2. The summed E-state index contributed by atoms with van der Waals surface area (Å²) in [4.78, 5) is 0. The van der Waals surface area contributed by atoms with E-state index < -0.39 is 0 Å². The van der Waals surface area contributed by atoms with E-state index in [2.05, 4.69) is 48.1 Å². The van der Waals surface area contributed by atoms with Gasteiger partial charge < -0.3 is 10.4 Å². The van der Waals surface area contributed by atoms with Gasteiger partial charge in [-0.25, -0.2) is 0 Å². The molecule has 2 nitrogen and oxygen atoms in total. The third-order valence-corrected chi connectivity index (χ3v) is 4.99. The Kier molecular flexibility index (Phi) is 4.91. The summed E-state index contributed by atoms with van der Waals surface area (Å²) < 4.78 is 1.12. The molecule has 1 atom stereocenters. The number of phenols is 1. The first-order valence-corrected chi connectivity index (χ1v) is 8.01. The predicted molar refractivity (Wildman–Crippen MR) is 83.9 cm³/mol. The Balaban J connectivity index is 2.32. The molecule has 0 bridgehead atoms. The van der Waals surface area contributed by atoms with E-state index in [1.165, 1.54) is 18.4 Å². The summed E-state index contributed by atoms with van der Waals surface area (Å²) in [6, 6.07) is 2.07. The minimum absolute atomic E-state index is 0.347. The smallest absolute Gasteiger partial charge is 0.122 e. The molecule has 0 saturated carbocycles. The molecule has 1 aliphatic heterocycles. The quantitative estimate of drug-likeness (QED) is 0.875. The number of phenolic OH excluding ortho intramolecular Hbond substituents is 1. The average Bonchev–Trinajstić information content (AvgIpc) is 2.40. The molecule has 19 heavy (non-hydrogen) atoms. The van der Waals surface area contributed by atoms with Gasteiger partial charge in [0.25, 0.3) is 0 Å². The van der Waals surface area contributed by atoms with Crippen LogP contribution in [0, 0.1) is 12.8 Å². The van der Waals surface area contributed by atoms with E-state index in [1.807, 2.05) is 0 Å². The van der Waals surface area contributed by atoms with Crippen LogP contribution in [0.3, 0.4) is 0 Å². The number of nitrogens with one attached hydrogen (secondary N) is 1. The second kappa shape index (κ2) is 6.27. The third kappa shape index (κ3) is 3.32. The highest BCUT2D eigenvalue weighted by Gasteiger charge is 2.20. The largest absolute Gasteiger partial charge is 0.507 e. The topological polar surface area (TPSA) is 32.3 Å². The molecule has 2 rings (SSSR count). The maximum atomic E-state index is 10.6. The fourth-order valence-electron chi connectivity index (χ4n) is 2.89. The Hall–Kier alpha value is -0.540. The van der Waals surface area contributed by atoms with Crippen LogP contribution < -0.4 is 5.32 Å². The van der Waals surface area contributed by atoms with E-state index in [0.29, 0.717) is 17.6 Å². The zero-order valence-corrected chi connectivity index (χ0v) is 13.7. The fraction of sp³-hybridized carbons (Fsp3) is 0.625. The van der Waals surface area contributed by atoms with Crippen molar-refractivity contribution in [2.75, 3.05) is 13.1 Å². The second-order valence-electron chi connectivity index (χ2n) is 5.97.